The van der Waals surface area contributed by atoms with Crippen molar-refractivity contribution >= 4 is 61.7 Å². The number of hydrogen-bond donors (Lipinski definition) is 0. The van der Waals surface area contributed by atoms with Gasteiger partial charge in [-0.25, -0.2) is 14.8 Å². The molecule has 164 valence electrons. The Bertz CT molecular complexity index is 1200. The highest BCUT2D eigenvalue weighted by Gasteiger charge is 2.20. The highest BCUT2D eigenvalue weighted by atomic mass is 32.2. The molecule has 0 N–H and O–H groups in total. The SMILES string of the molecule is CCN(C(=O)COC(=O)c1ccc(SCc2csc(C)n2)cc1)c1nc2ccccc2s1. The number of rotatable bonds is 8. The van der Waals surface area contributed by atoms with Crippen molar-refractivity contribution in [1.82, 2.24) is 9.97 Å². The zero-order valence-electron chi connectivity index (χ0n) is 17.6. The summed E-state index contributed by atoms with van der Waals surface area (Å²) in [7, 11) is 0. The van der Waals surface area contributed by atoms with Gasteiger partial charge in [-0.2, -0.15) is 0 Å². The van der Waals surface area contributed by atoms with Crippen molar-refractivity contribution in [3.05, 3.63) is 70.2 Å². The Balaban J connectivity index is 1.32. The summed E-state index contributed by atoms with van der Waals surface area (Å²) in [5.74, 6) is -0.0441. The molecule has 6 nitrogen and oxygen atoms in total. The Morgan fingerprint density at radius 3 is 2.56 bits per heavy atom. The molecule has 32 heavy (non-hydrogen) atoms. The average molecular weight is 484 g/mol. The molecule has 2 heterocycles. The maximum absolute atomic E-state index is 12.7. The number of carbonyl (C=O) groups excluding carboxylic acids is 2. The van der Waals surface area contributed by atoms with Gasteiger partial charge in [0.2, 0.25) is 0 Å². The number of esters is 1. The molecule has 0 atom stereocenters. The fourth-order valence-electron chi connectivity index (χ4n) is 3.00. The molecule has 9 heteroatoms. The minimum atomic E-state index is -0.523. The molecule has 0 spiro atoms. The van der Waals surface area contributed by atoms with Crippen LogP contribution < -0.4 is 4.90 Å². The number of aromatic nitrogens is 2. The third-order valence-electron chi connectivity index (χ3n) is 4.60. The van der Waals surface area contributed by atoms with Crippen LogP contribution in [0.2, 0.25) is 0 Å². The number of ether oxygens (including phenoxy) is 1. The topological polar surface area (TPSA) is 72.4 Å². The summed E-state index contributed by atoms with van der Waals surface area (Å²) in [5.41, 5.74) is 2.31. The molecular formula is C23H21N3O3S3. The quantitative estimate of drug-likeness (QED) is 0.241. The molecule has 2 aromatic heterocycles. The standard InChI is InChI=1S/C23H21N3O3S3/c1-3-26(23-25-19-6-4-5-7-20(19)32-23)21(27)12-29-22(28)16-8-10-18(11-9-16)31-14-17-13-30-15(2)24-17/h4-11,13H,3,12,14H2,1-2H3. The van der Waals surface area contributed by atoms with Crippen LogP contribution >= 0.6 is 34.4 Å². The summed E-state index contributed by atoms with van der Waals surface area (Å²) in [4.78, 5) is 36.6. The van der Waals surface area contributed by atoms with Crippen LogP contribution in [0.5, 0.6) is 0 Å². The van der Waals surface area contributed by atoms with Crippen LogP contribution in [-0.2, 0) is 15.3 Å². The molecule has 0 aliphatic heterocycles. The number of carbonyl (C=O) groups is 2. The number of amides is 1. The van der Waals surface area contributed by atoms with Gasteiger partial charge in [0.15, 0.2) is 11.7 Å². The molecule has 4 rings (SSSR count). The van der Waals surface area contributed by atoms with Crippen molar-refractivity contribution in [2.75, 3.05) is 18.1 Å². The predicted octanol–water partition coefficient (Wildman–Crippen LogP) is 5.56. The van der Waals surface area contributed by atoms with E-state index in [1.807, 2.05) is 50.2 Å². The van der Waals surface area contributed by atoms with Gasteiger partial charge in [-0.3, -0.25) is 9.69 Å². The largest absolute Gasteiger partial charge is 0.452 e. The summed E-state index contributed by atoms with van der Waals surface area (Å²) >= 11 is 4.74. The van der Waals surface area contributed by atoms with Crippen LogP contribution in [0.1, 0.15) is 28.0 Å². The number of thioether (sulfide) groups is 1. The predicted molar refractivity (Wildman–Crippen MR) is 131 cm³/mol. The van der Waals surface area contributed by atoms with Gasteiger partial charge < -0.3 is 4.74 Å². The van der Waals surface area contributed by atoms with Gasteiger partial charge in [0.25, 0.3) is 5.91 Å². The van der Waals surface area contributed by atoms with Gasteiger partial charge in [0.1, 0.15) is 0 Å². The summed E-state index contributed by atoms with van der Waals surface area (Å²) in [5, 5.41) is 3.71. The number of aryl methyl sites for hydroxylation is 1. The Hall–Kier alpha value is -2.75. The smallest absolute Gasteiger partial charge is 0.338 e. The molecule has 0 saturated heterocycles. The van der Waals surface area contributed by atoms with E-state index < -0.39 is 5.97 Å². The normalized spacial score (nSPS) is 10.9. The fourth-order valence-corrected chi connectivity index (χ4v) is 5.56. The van der Waals surface area contributed by atoms with Gasteiger partial charge in [0, 0.05) is 22.6 Å². The van der Waals surface area contributed by atoms with Crippen LogP contribution in [0.15, 0.2) is 58.8 Å². The van der Waals surface area contributed by atoms with Crippen molar-refractivity contribution in [1.29, 1.82) is 0 Å². The van der Waals surface area contributed by atoms with Crippen molar-refractivity contribution < 1.29 is 14.3 Å². The van der Waals surface area contributed by atoms with Crippen LogP contribution in [0.4, 0.5) is 5.13 Å². The van der Waals surface area contributed by atoms with E-state index in [1.54, 1.807) is 35.2 Å². The molecular weight excluding hydrogens is 462 g/mol. The molecule has 4 aromatic rings. The molecule has 0 aliphatic carbocycles. The number of anilines is 1. The third kappa shape index (κ3) is 5.35. The summed E-state index contributed by atoms with van der Waals surface area (Å²) in [6.07, 6.45) is 0. The van der Waals surface area contributed by atoms with E-state index in [4.69, 9.17) is 4.74 Å². The highest BCUT2D eigenvalue weighted by molar-refractivity contribution is 7.98. The van der Waals surface area contributed by atoms with E-state index in [0.29, 0.717) is 17.2 Å². The van der Waals surface area contributed by atoms with Crippen molar-refractivity contribution in [2.24, 2.45) is 0 Å². The van der Waals surface area contributed by atoms with Crippen molar-refractivity contribution in [2.45, 2.75) is 24.5 Å². The second kappa shape index (κ2) is 10.2. The molecule has 0 fully saturated rings. The average Bonchev–Trinajstić information content (AvgIpc) is 3.42. The number of benzene rings is 2. The van der Waals surface area contributed by atoms with E-state index >= 15 is 0 Å². The van der Waals surface area contributed by atoms with E-state index in [9.17, 15) is 9.59 Å². The Morgan fingerprint density at radius 1 is 1.09 bits per heavy atom. The molecule has 2 aromatic carbocycles. The van der Waals surface area contributed by atoms with Gasteiger partial charge in [-0.1, -0.05) is 23.5 Å². The van der Waals surface area contributed by atoms with Crippen LogP contribution in [0, 0.1) is 6.92 Å². The van der Waals surface area contributed by atoms with Gasteiger partial charge in [-0.15, -0.1) is 23.1 Å². The number of hydrogen-bond acceptors (Lipinski definition) is 8. The van der Waals surface area contributed by atoms with Crippen molar-refractivity contribution in [3.8, 4) is 0 Å². The molecule has 0 aliphatic rings. The molecule has 0 saturated carbocycles. The number of likely N-dealkylation sites (N-methyl/N-ethyl adjacent to an activating group) is 1. The summed E-state index contributed by atoms with van der Waals surface area (Å²) < 4.78 is 6.28. The first kappa shape index (κ1) is 22.4. The lowest BCUT2D eigenvalue weighted by Crippen LogP contribution is -2.34. The lowest BCUT2D eigenvalue weighted by atomic mass is 10.2. The van der Waals surface area contributed by atoms with E-state index in [1.165, 1.54) is 16.2 Å². The first-order chi connectivity index (χ1) is 15.5. The summed E-state index contributed by atoms with van der Waals surface area (Å²) in [6, 6.07) is 14.9. The number of nitrogens with zero attached hydrogens (tertiary/aromatic N) is 3. The molecule has 0 bridgehead atoms. The minimum absolute atomic E-state index is 0.300. The van der Waals surface area contributed by atoms with E-state index in [0.717, 1.165) is 31.6 Å². The van der Waals surface area contributed by atoms with E-state index in [2.05, 4.69) is 15.3 Å². The van der Waals surface area contributed by atoms with Crippen LogP contribution in [0.3, 0.4) is 0 Å². The molecule has 0 unspecified atom stereocenters. The lowest BCUT2D eigenvalue weighted by molar-refractivity contribution is -0.121. The monoisotopic (exact) mass is 483 g/mol. The highest BCUT2D eigenvalue weighted by Crippen LogP contribution is 2.28. The number of fused-ring (bicyclic) bond motifs is 1. The van der Waals surface area contributed by atoms with Crippen LogP contribution in [-0.4, -0.2) is 35.0 Å². The van der Waals surface area contributed by atoms with Crippen molar-refractivity contribution in [3.63, 3.8) is 0 Å². The van der Waals surface area contributed by atoms with Gasteiger partial charge >= 0.3 is 5.97 Å². The lowest BCUT2D eigenvalue weighted by Gasteiger charge is -2.17. The second-order valence-electron chi connectivity index (χ2n) is 6.85. The Morgan fingerprint density at radius 2 is 1.88 bits per heavy atom. The van der Waals surface area contributed by atoms with E-state index in [-0.39, 0.29) is 12.5 Å². The number of thiazole rings is 2. The molecule has 0 radical (unpaired) electrons. The maximum Gasteiger partial charge on any atom is 0.338 e. The van der Waals surface area contributed by atoms with Gasteiger partial charge in [-0.05, 0) is 50.2 Å². The third-order valence-corrected chi connectivity index (χ3v) is 7.53. The Kier molecular flexibility index (Phi) is 7.19. The summed E-state index contributed by atoms with van der Waals surface area (Å²) in [6.45, 7) is 3.97. The maximum atomic E-state index is 12.7. The second-order valence-corrected chi connectivity index (χ2v) is 9.97. The first-order valence-corrected chi connectivity index (χ1v) is 12.7. The molecule has 1 amide bonds. The zero-order valence-corrected chi connectivity index (χ0v) is 20.1. The first-order valence-electron chi connectivity index (χ1n) is 10.0. The fraction of sp³-hybridized carbons (Fsp3) is 0.217. The van der Waals surface area contributed by atoms with Gasteiger partial charge in [0.05, 0.1) is 26.5 Å². The number of para-hydroxylation sites is 1. The zero-order chi connectivity index (χ0) is 22.5. The Labute approximate surface area is 198 Å². The van der Waals surface area contributed by atoms with Crippen LogP contribution in [0.25, 0.3) is 10.2 Å². The minimum Gasteiger partial charge on any atom is -0.452 e.